The number of hydrogen-bond donors (Lipinski definition) is 0. The first-order chi connectivity index (χ1) is 15.2. The summed E-state index contributed by atoms with van der Waals surface area (Å²) in [6.45, 7) is 10.9. The molecule has 3 aromatic rings. The standard InChI is InChI=1S/C27H33N3O/c1-3-22(23-10-11-25(19-28)21(2)17-23)8-6-12-29-13-15-30(16-14-29)20-26-18-24-7-4-5-9-27(24)31-26/h4-5,7,9-11,17-18,22H,3,6,8,12-16,20H2,1-2H3. The van der Waals surface area contributed by atoms with Gasteiger partial charge in [0.05, 0.1) is 18.2 Å². The SMILES string of the molecule is CCC(CCCN1CCN(Cc2cc3ccccc3o2)CC1)c1ccc(C#N)c(C)c1. The monoisotopic (exact) mass is 415 g/mol. The zero-order valence-corrected chi connectivity index (χ0v) is 18.8. The van der Waals surface area contributed by atoms with Gasteiger partial charge in [-0.15, -0.1) is 0 Å². The number of fused-ring (bicyclic) bond motifs is 1. The summed E-state index contributed by atoms with van der Waals surface area (Å²) in [5.74, 6) is 1.65. The van der Waals surface area contributed by atoms with E-state index in [1.54, 1.807) is 0 Å². The third kappa shape index (κ3) is 5.36. The molecule has 4 nitrogen and oxygen atoms in total. The molecule has 0 N–H and O–H groups in total. The Balaban J connectivity index is 1.21. The largest absolute Gasteiger partial charge is 0.460 e. The summed E-state index contributed by atoms with van der Waals surface area (Å²) in [4.78, 5) is 5.11. The molecule has 2 heterocycles. The second-order valence-corrected chi connectivity index (χ2v) is 8.80. The molecule has 4 rings (SSSR count). The van der Waals surface area contributed by atoms with E-state index in [2.05, 4.69) is 53.1 Å². The van der Waals surface area contributed by atoms with E-state index in [9.17, 15) is 0 Å². The Morgan fingerprint density at radius 3 is 2.52 bits per heavy atom. The molecular formula is C27H33N3O. The van der Waals surface area contributed by atoms with Crippen LogP contribution < -0.4 is 0 Å². The van der Waals surface area contributed by atoms with Crippen LogP contribution in [-0.2, 0) is 6.54 Å². The van der Waals surface area contributed by atoms with Gasteiger partial charge in [-0.2, -0.15) is 5.26 Å². The van der Waals surface area contributed by atoms with Crippen LogP contribution in [0, 0.1) is 18.3 Å². The van der Waals surface area contributed by atoms with Crippen LogP contribution in [0.15, 0.2) is 52.9 Å². The molecule has 162 valence electrons. The lowest BCUT2D eigenvalue weighted by Crippen LogP contribution is -2.46. The Labute approximate surface area is 186 Å². The van der Waals surface area contributed by atoms with Gasteiger partial charge in [0.15, 0.2) is 0 Å². The number of piperazine rings is 1. The van der Waals surface area contributed by atoms with E-state index >= 15 is 0 Å². The Hall–Kier alpha value is -2.61. The molecule has 0 amide bonds. The third-order valence-electron chi connectivity index (χ3n) is 6.68. The lowest BCUT2D eigenvalue weighted by atomic mass is 9.90. The average molecular weight is 416 g/mol. The molecular weight excluding hydrogens is 382 g/mol. The maximum absolute atomic E-state index is 9.16. The molecule has 1 atom stereocenters. The Kier molecular flexibility index (Phi) is 7.06. The van der Waals surface area contributed by atoms with Gasteiger partial charge in [0.1, 0.15) is 11.3 Å². The maximum Gasteiger partial charge on any atom is 0.134 e. The number of aryl methyl sites for hydroxylation is 1. The highest BCUT2D eigenvalue weighted by molar-refractivity contribution is 5.77. The maximum atomic E-state index is 9.16. The van der Waals surface area contributed by atoms with Gasteiger partial charge < -0.3 is 9.32 Å². The summed E-state index contributed by atoms with van der Waals surface area (Å²) in [5.41, 5.74) is 4.26. The molecule has 0 radical (unpaired) electrons. The first-order valence-electron chi connectivity index (χ1n) is 11.6. The van der Waals surface area contributed by atoms with E-state index in [0.29, 0.717) is 5.92 Å². The lowest BCUT2D eigenvalue weighted by molar-refractivity contribution is 0.119. The summed E-state index contributed by atoms with van der Waals surface area (Å²) in [6, 6.07) is 19.0. The Morgan fingerprint density at radius 2 is 1.81 bits per heavy atom. The van der Waals surface area contributed by atoms with E-state index in [4.69, 9.17) is 9.68 Å². The van der Waals surface area contributed by atoms with E-state index in [1.165, 1.54) is 30.3 Å². The van der Waals surface area contributed by atoms with E-state index in [1.807, 2.05) is 25.1 Å². The molecule has 1 aliphatic heterocycles. The quantitative estimate of drug-likeness (QED) is 0.473. The van der Waals surface area contributed by atoms with Crippen molar-refractivity contribution in [1.82, 2.24) is 9.80 Å². The Bertz CT molecular complexity index is 1010. The van der Waals surface area contributed by atoms with Gasteiger partial charge in [-0.05, 0) is 68.0 Å². The van der Waals surface area contributed by atoms with Crippen molar-refractivity contribution in [2.45, 2.75) is 45.6 Å². The van der Waals surface area contributed by atoms with E-state index < -0.39 is 0 Å². The fourth-order valence-electron chi connectivity index (χ4n) is 4.74. The average Bonchev–Trinajstić information content (AvgIpc) is 3.20. The lowest BCUT2D eigenvalue weighted by Gasteiger charge is -2.34. The summed E-state index contributed by atoms with van der Waals surface area (Å²) < 4.78 is 5.99. The molecule has 4 heteroatoms. The van der Waals surface area contributed by atoms with E-state index in [0.717, 1.165) is 61.6 Å². The van der Waals surface area contributed by atoms with Gasteiger partial charge >= 0.3 is 0 Å². The van der Waals surface area contributed by atoms with Crippen LogP contribution >= 0.6 is 0 Å². The highest BCUT2D eigenvalue weighted by Gasteiger charge is 2.19. The fourth-order valence-corrected chi connectivity index (χ4v) is 4.74. The van der Waals surface area contributed by atoms with Crippen LogP contribution in [-0.4, -0.2) is 42.5 Å². The van der Waals surface area contributed by atoms with Crippen molar-refractivity contribution in [1.29, 1.82) is 5.26 Å². The molecule has 0 aliphatic carbocycles. The number of nitrogens with zero attached hydrogens (tertiary/aromatic N) is 3. The van der Waals surface area contributed by atoms with E-state index in [-0.39, 0.29) is 0 Å². The van der Waals surface area contributed by atoms with Crippen molar-refractivity contribution >= 4 is 11.0 Å². The number of benzene rings is 2. The number of furan rings is 1. The van der Waals surface area contributed by atoms with Crippen molar-refractivity contribution in [3.05, 3.63) is 71.0 Å². The first-order valence-corrected chi connectivity index (χ1v) is 11.6. The van der Waals surface area contributed by atoms with Crippen LogP contribution in [0.2, 0.25) is 0 Å². The van der Waals surface area contributed by atoms with Crippen molar-refractivity contribution in [3.63, 3.8) is 0 Å². The number of hydrogen-bond acceptors (Lipinski definition) is 4. The highest BCUT2D eigenvalue weighted by Crippen LogP contribution is 2.27. The van der Waals surface area contributed by atoms with Crippen molar-refractivity contribution in [2.24, 2.45) is 0 Å². The second-order valence-electron chi connectivity index (χ2n) is 8.80. The van der Waals surface area contributed by atoms with Gasteiger partial charge in [-0.25, -0.2) is 0 Å². The second kappa shape index (κ2) is 10.1. The van der Waals surface area contributed by atoms with Crippen LogP contribution in [0.3, 0.4) is 0 Å². The van der Waals surface area contributed by atoms with Crippen LogP contribution in [0.25, 0.3) is 11.0 Å². The minimum absolute atomic E-state index is 0.584. The summed E-state index contributed by atoms with van der Waals surface area (Å²) in [6.07, 6.45) is 3.58. The molecule has 0 spiro atoms. The molecule has 1 saturated heterocycles. The number of nitriles is 1. The topological polar surface area (TPSA) is 43.4 Å². The highest BCUT2D eigenvalue weighted by atomic mass is 16.3. The molecule has 0 saturated carbocycles. The normalized spacial score (nSPS) is 16.4. The summed E-state index contributed by atoms with van der Waals surface area (Å²) in [5, 5.41) is 10.4. The molecule has 31 heavy (non-hydrogen) atoms. The number of rotatable bonds is 8. The number of para-hydroxylation sites is 1. The smallest absolute Gasteiger partial charge is 0.134 e. The summed E-state index contributed by atoms with van der Waals surface area (Å²) >= 11 is 0. The predicted octanol–water partition coefficient (Wildman–Crippen LogP) is 5.70. The van der Waals surface area contributed by atoms with Crippen molar-refractivity contribution in [3.8, 4) is 6.07 Å². The van der Waals surface area contributed by atoms with Crippen LogP contribution in [0.1, 0.15) is 54.6 Å². The molecule has 1 fully saturated rings. The van der Waals surface area contributed by atoms with Gasteiger partial charge in [0.25, 0.3) is 0 Å². The van der Waals surface area contributed by atoms with Crippen molar-refractivity contribution in [2.75, 3.05) is 32.7 Å². The van der Waals surface area contributed by atoms with Gasteiger partial charge in [-0.3, -0.25) is 4.90 Å². The Morgan fingerprint density at radius 1 is 1.03 bits per heavy atom. The molecule has 2 aromatic carbocycles. The van der Waals surface area contributed by atoms with Gasteiger partial charge in [0, 0.05) is 31.6 Å². The minimum Gasteiger partial charge on any atom is -0.460 e. The van der Waals surface area contributed by atoms with Crippen molar-refractivity contribution < 1.29 is 4.42 Å². The van der Waals surface area contributed by atoms with Gasteiger partial charge in [-0.1, -0.05) is 37.3 Å². The first kappa shape index (κ1) is 21.6. The molecule has 1 unspecified atom stereocenters. The van der Waals surface area contributed by atoms with Crippen LogP contribution in [0.4, 0.5) is 0 Å². The fraction of sp³-hybridized carbons (Fsp3) is 0.444. The summed E-state index contributed by atoms with van der Waals surface area (Å²) in [7, 11) is 0. The minimum atomic E-state index is 0.584. The zero-order valence-electron chi connectivity index (χ0n) is 18.8. The molecule has 0 bridgehead atoms. The third-order valence-corrected chi connectivity index (χ3v) is 6.68. The zero-order chi connectivity index (χ0) is 21.6. The van der Waals surface area contributed by atoms with Crippen LogP contribution in [0.5, 0.6) is 0 Å². The molecule has 1 aromatic heterocycles. The predicted molar refractivity (Wildman–Crippen MR) is 126 cm³/mol. The van der Waals surface area contributed by atoms with Gasteiger partial charge in [0.2, 0.25) is 0 Å². The molecule has 1 aliphatic rings.